The van der Waals surface area contributed by atoms with Gasteiger partial charge in [0.05, 0.1) is 17.6 Å². The molecule has 1 aliphatic rings. The van der Waals surface area contributed by atoms with Gasteiger partial charge >= 0.3 is 5.97 Å². The highest BCUT2D eigenvalue weighted by Gasteiger charge is 2.33. The lowest BCUT2D eigenvalue weighted by molar-refractivity contribution is 0.0596. The fourth-order valence-electron chi connectivity index (χ4n) is 4.09. The van der Waals surface area contributed by atoms with Crippen molar-refractivity contribution in [2.75, 3.05) is 20.2 Å². The first-order chi connectivity index (χ1) is 14.5. The van der Waals surface area contributed by atoms with Crippen molar-refractivity contribution in [2.45, 2.75) is 23.7 Å². The molecule has 1 saturated heterocycles. The van der Waals surface area contributed by atoms with Gasteiger partial charge in [-0.25, -0.2) is 13.2 Å². The summed E-state index contributed by atoms with van der Waals surface area (Å²) in [5.41, 5.74) is 3.06. The Morgan fingerprint density at radius 3 is 2.63 bits per heavy atom. The largest absolute Gasteiger partial charge is 0.465 e. The summed E-state index contributed by atoms with van der Waals surface area (Å²) in [5.74, 6) is 2.23. The minimum atomic E-state index is -3.80. The number of esters is 1. The summed E-state index contributed by atoms with van der Waals surface area (Å²) in [6.45, 7) is 0.758. The number of carbonyl (C=O) groups excluding carboxylic acids is 1. The Morgan fingerprint density at radius 2 is 1.93 bits per heavy atom. The van der Waals surface area contributed by atoms with Gasteiger partial charge in [0, 0.05) is 35.8 Å². The first-order valence-electron chi connectivity index (χ1n) is 9.71. The van der Waals surface area contributed by atoms with Crippen molar-refractivity contribution in [1.29, 1.82) is 0 Å². The zero-order valence-electron chi connectivity index (χ0n) is 16.6. The molecule has 1 fully saturated rings. The molecule has 1 aromatic heterocycles. The van der Waals surface area contributed by atoms with Crippen LogP contribution in [0.5, 0.6) is 0 Å². The smallest absolute Gasteiger partial charge is 0.339 e. The second-order valence-electron chi connectivity index (χ2n) is 7.31. The van der Waals surface area contributed by atoms with Gasteiger partial charge in [0.1, 0.15) is 0 Å². The normalized spacial score (nSPS) is 15.7. The molecule has 0 radical (unpaired) electrons. The number of methoxy groups -OCH3 is 1. The van der Waals surface area contributed by atoms with Gasteiger partial charge in [0.25, 0.3) is 0 Å². The SMILES string of the molecule is C#Cc1ccc2[nH]cc(C3CCN(S(=O)(=O)c4ccccc4C(=O)OC)CC3)c2c1. The fourth-order valence-corrected chi connectivity index (χ4v) is 5.74. The second kappa shape index (κ2) is 7.98. The van der Waals surface area contributed by atoms with Crippen LogP contribution in [0.15, 0.2) is 53.6 Å². The number of H-pyrrole nitrogens is 1. The molecule has 3 aromatic rings. The number of sulfonamides is 1. The number of nitrogens with one attached hydrogen (secondary N) is 1. The molecule has 7 heteroatoms. The van der Waals surface area contributed by atoms with E-state index in [1.165, 1.54) is 23.5 Å². The van der Waals surface area contributed by atoms with E-state index in [0.717, 1.165) is 22.0 Å². The van der Waals surface area contributed by atoms with E-state index in [2.05, 4.69) is 10.9 Å². The Kier molecular flexibility index (Phi) is 5.37. The topological polar surface area (TPSA) is 79.5 Å². The average molecular weight is 423 g/mol. The maximum atomic E-state index is 13.2. The van der Waals surface area contributed by atoms with Crippen LogP contribution in [0.2, 0.25) is 0 Å². The van der Waals surface area contributed by atoms with Crippen LogP contribution in [0.1, 0.15) is 40.2 Å². The van der Waals surface area contributed by atoms with Crippen LogP contribution < -0.4 is 0 Å². The summed E-state index contributed by atoms with van der Waals surface area (Å²) >= 11 is 0. The number of fused-ring (bicyclic) bond motifs is 1. The predicted octanol–water partition coefficient (Wildman–Crippen LogP) is 3.50. The first kappa shape index (κ1) is 20.2. The lowest BCUT2D eigenvalue weighted by Crippen LogP contribution is -2.38. The summed E-state index contributed by atoms with van der Waals surface area (Å²) in [7, 11) is -2.55. The van der Waals surface area contributed by atoms with E-state index in [-0.39, 0.29) is 16.4 Å². The van der Waals surface area contributed by atoms with Crippen molar-refractivity contribution in [1.82, 2.24) is 9.29 Å². The molecule has 2 heterocycles. The van der Waals surface area contributed by atoms with Crippen molar-refractivity contribution < 1.29 is 17.9 Å². The lowest BCUT2D eigenvalue weighted by atomic mass is 9.90. The van der Waals surface area contributed by atoms with Crippen molar-refractivity contribution in [3.8, 4) is 12.3 Å². The van der Waals surface area contributed by atoms with Crippen LogP contribution in [0.25, 0.3) is 10.9 Å². The van der Waals surface area contributed by atoms with E-state index >= 15 is 0 Å². The summed E-state index contributed by atoms with van der Waals surface area (Å²) in [4.78, 5) is 15.3. The molecule has 6 nitrogen and oxygen atoms in total. The Balaban J connectivity index is 1.57. The maximum Gasteiger partial charge on any atom is 0.339 e. The molecule has 30 heavy (non-hydrogen) atoms. The van der Waals surface area contributed by atoms with Gasteiger partial charge in [-0.1, -0.05) is 18.1 Å². The number of ether oxygens (including phenoxy) is 1. The number of rotatable bonds is 4. The third kappa shape index (κ3) is 3.49. The molecule has 0 amide bonds. The Morgan fingerprint density at radius 1 is 1.20 bits per heavy atom. The number of benzene rings is 2. The summed E-state index contributed by atoms with van der Waals surface area (Å²) in [6.07, 6.45) is 8.90. The number of nitrogens with zero attached hydrogens (tertiary/aromatic N) is 1. The van der Waals surface area contributed by atoms with Gasteiger partial charge in [-0.2, -0.15) is 4.31 Å². The zero-order chi connectivity index (χ0) is 21.3. The van der Waals surface area contributed by atoms with Gasteiger partial charge in [-0.3, -0.25) is 0 Å². The van der Waals surface area contributed by atoms with Crippen LogP contribution in [-0.2, 0) is 14.8 Å². The van der Waals surface area contributed by atoms with Crippen molar-refractivity contribution in [2.24, 2.45) is 0 Å². The van der Waals surface area contributed by atoms with Crippen molar-refractivity contribution in [3.63, 3.8) is 0 Å². The number of aromatic amines is 1. The molecule has 0 unspecified atom stereocenters. The highest BCUT2D eigenvalue weighted by molar-refractivity contribution is 7.89. The third-order valence-electron chi connectivity index (χ3n) is 5.68. The molecule has 0 saturated carbocycles. The molecule has 0 atom stereocenters. The molecule has 0 aliphatic carbocycles. The van der Waals surface area contributed by atoms with Crippen molar-refractivity contribution >= 4 is 26.9 Å². The van der Waals surface area contributed by atoms with E-state index in [9.17, 15) is 13.2 Å². The monoisotopic (exact) mass is 422 g/mol. The van der Waals surface area contributed by atoms with Crippen LogP contribution in [-0.4, -0.2) is 43.9 Å². The van der Waals surface area contributed by atoms with Gasteiger partial charge in [0.2, 0.25) is 10.0 Å². The number of piperidine rings is 1. The summed E-state index contributed by atoms with van der Waals surface area (Å²) in [5, 5.41) is 1.09. The van der Waals surface area contributed by atoms with Crippen LogP contribution >= 0.6 is 0 Å². The fraction of sp³-hybridized carbons (Fsp3) is 0.261. The summed E-state index contributed by atoms with van der Waals surface area (Å²) < 4.78 is 32.6. The number of aromatic nitrogens is 1. The predicted molar refractivity (Wildman–Crippen MR) is 115 cm³/mol. The molecule has 1 N–H and O–H groups in total. The Hall–Kier alpha value is -3.08. The van der Waals surface area contributed by atoms with Gasteiger partial charge in [0.15, 0.2) is 0 Å². The number of hydrogen-bond acceptors (Lipinski definition) is 4. The molecular formula is C23H22N2O4S. The first-order valence-corrected chi connectivity index (χ1v) is 11.1. The molecule has 0 spiro atoms. The van der Waals surface area contributed by atoms with Crippen LogP contribution in [0.4, 0.5) is 0 Å². The van der Waals surface area contributed by atoms with E-state index in [0.29, 0.717) is 25.9 Å². The lowest BCUT2D eigenvalue weighted by Gasteiger charge is -2.31. The number of terminal acetylenes is 1. The van der Waals surface area contributed by atoms with Crippen molar-refractivity contribution in [3.05, 3.63) is 65.4 Å². The molecule has 4 rings (SSSR count). The van der Waals surface area contributed by atoms with Gasteiger partial charge in [-0.15, -0.1) is 6.42 Å². The molecule has 154 valence electrons. The Labute approximate surface area is 175 Å². The van der Waals surface area contributed by atoms with Crippen LogP contribution in [0.3, 0.4) is 0 Å². The number of carbonyl (C=O) groups is 1. The summed E-state index contributed by atoms with van der Waals surface area (Å²) in [6, 6.07) is 12.0. The maximum absolute atomic E-state index is 13.2. The molecular weight excluding hydrogens is 400 g/mol. The third-order valence-corrected chi connectivity index (χ3v) is 7.64. The minimum Gasteiger partial charge on any atom is -0.465 e. The Bertz CT molecular complexity index is 1250. The van der Waals surface area contributed by atoms with E-state index in [1.807, 2.05) is 24.4 Å². The molecule has 0 bridgehead atoms. The highest BCUT2D eigenvalue weighted by Crippen LogP contribution is 2.35. The van der Waals surface area contributed by atoms with E-state index in [4.69, 9.17) is 11.2 Å². The molecule has 2 aromatic carbocycles. The zero-order valence-corrected chi connectivity index (χ0v) is 17.4. The quantitative estimate of drug-likeness (QED) is 0.516. The number of hydrogen-bond donors (Lipinski definition) is 1. The van der Waals surface area contributed by atoms with Crippen LogP contribution in [0, 0.1) is 12.3 Å². The van der Waals surface area contributed by atoms with Gasteiger partial charge < -0.3 is 9.72 Å². The second-order valence-corrected chi connectivity index (χ2v) is 9.22. The van der Waals surface area contributed by atoms with E-state index in [1.54, 1.807) is 12.1 Å². The van der Waals surface area contributed by atoms with Gasteiger partial charge in [-0.05, 0) is 54.7 Å². The minimum absolute atomic E-state index is 0.0129. The van der Waals surface area contributed by atoms with E-state index < -0.39 is 16.0 Å². The molecule has 1 aliphatic heterocycles. The standard InChI is InChI=1S/C23H22N2O4S/c1-3-16-8-9-21-19(14-16)20(15-24-21)17-10-12-25(13-11-17)30(27,28)22-7-5-4-6-18(22)23(26)29-2/h1,4-9,14-15,17,24H,10-13H2,2H3. The highest BCUT2D eigenvalue weighted by atomic mass is 32.2. The average Bonchev–Trinajstić information content (AvgIpc) is 3.21.